The zero-order valence-electron chi connectivity index (χ0n) is 9.41. The van der Waals surface area contributed by atoms with Crippen LogP contribution in [0.3, 0.4) is 0 Å². The number of nitrogens with one attached hydrogen (secondary N) is 1. The number of anilines is 2. The summed E-state index contributed by atoms with van der Waals surface area (Å²) in [5, 5.41) is 13.4. The average molecular weight is 238 g/mol. The summed E-state index contributed by atoms with van der Waals surface area (Å²) in [6.07, 6.45) is 3.15. The lowest BCUT2D eigenvalue weighted by Crippen LogP contribution is -1.96. The van der Waals surface area contributed by atoms with Crippen molar-refractivity contribution in [2.75, 3.05) is 5.32 Å². The molecule has 0 saturated carbocycles. The van der Waals surface area contributed by atoms with E-state index in [1.165, 1.54) is 6.33 Å². The number of aromatic hydroxyl groups is 1. The normalized spacial score (nSPS) is 10.4. The fourth-order valence-corrected chi connectivity index (χ4v) is 1.72. The monoisotopic (exact) mass is 238 g/mol. The van der Waals surface area contributed by atoms with E-state index >= 15 is 0 Å². The second kappa shape index (κ2) is 4.29. The number of hydrogen-bond acceptors (Lipinski definition) is 5. The van der Waals surface area contributed by atoms with Gasteiger partial charge in [0.25, 0.3) is 0 Å². The van der Waals surface area contributed by atoms with Crippen molar-refractivity contribution in [3.8, 4) is 5.75 Å². The first-order valence-electron chi connectivity index (χ1n) is 5.45. The lowest BCUT2D eigenvalue weighted by molar-refractivity contribution is 0.475. The van der Waals surface area contributed by atoms with Crippen LogP contribution in [-0.2, 0) is 0 Å². The van der Waals surface area contributed by atoms with E-state index in [0.717, 1.165) is 11.1 Å². The van der Waals surface area contributed by atoms with Gasteiger partial charge >= 0.3 is 0 Å². The summed E-state index contributed by atoms with van der Waals surface area (Å²) >= 11 is 0. The summed E-state index contributed by atoms with van der Waals surface area (Å²) in [7, 11) is 0. The van der Waals surface area contributed by atoms with Gasteiger partial charge in [-0.2, -0.15) is 0 Å². The molecule has 2 heterocycles. The van der Waals surface area contributed by atoms with E-state index in [1.807, 2.05) is 18.2 Å². The van der Waals surface area contributed by atoms with Crippen LogP contribution in [0.5, 0.6) is 5.75 Å². The molecule has 0 aliphatic heterocycles. The highest BCUT2D eigenvalue weighted by atomic mass is 16.3. The van der Waals surface area contributed by atoms with Crippen molar-refractivity contribution >= 4 is 22.5 Å². The summed E-state index contributed by atoms with van der Waals surface area (Å²) < 4.78 is 0. The zero-order valence-corrected chi connectivity index (χ0v) is 9.41. The lowest BCUT2D eigenvalue weighted by Gasteiger charge is -2.07. The fraction of sp³-hybridized carbons (Fsp3) is 0. The Morgan fingerprint density at radius 2 is 1.94 bits per heavy atom. The van der Waals surface area contributed by atoms with Crippen LogP contribution in [0.1, 0.15) is 0 Å². The topological polar surface area (TPSA) is 70.9 Å². The van der Waals surface area contributed by atoms with Gasteiger partial charge in [0.1, 0.15) is 17.9 Å². The molecule has 88 valence electrons. The molecular weight excluding hydrogens is 228 g/mol. The van der Waals surface area contributed by atoms with Gasteiger partial charge in [-0.05, 0) is 24.3 Å². The Bertz CT molecular complexity index is 694. The molecule has 0 amide bonds. The van der Waals surface area contributed by atoms with Gasteiger partial charge in [-0.15, -0.1) is 0 Å². The van der Waals surface area contributed by atoms with Crippen LogP contribution < -0.4 is 5.32 Å². The van der Waals surface area contributed by atoms with Crippen LogP contribution in [0.2, 0.25) is 0 Å². The standard InChI is InChI=1S/C13H10N4O/c18-10-4-1-3-9(7-10)17-13-11-5-2-6-14-12(11)15-8-16-13/h1-8,18H,(H,14,15,16,17). The smallest absolute Gasteiger partial charge is 0.164 e. The second-order valence-corrected chi connectivity index (χ2v) is 3.77. The van der Waals surface area contributed by atoms with Gasteiger partial charge in [0.15, 0.2) is 5.65 Å². The molecule has 18 heavy (non-hydrogen) atoms. The molecule has 0 spiro atoms. The Morgan fingerprint density at radius 1 is 1.00 bits per heavy atom. The van der Waals surface area contributed by atoms with E-state index in [0.29, 0.717) is 11.5 Å². The number of rotatable bonds is 2. The molecule has 1 aromatic carbocycles. The summed E-state index contributed by atoms with van der Waals surface area (Å²) in [4.78, 5) is 12.4. The van der Waals surface area contributed by atoms with Gasteiger partial charge in [0.2, 0.25) is 0 Å². The maximum atomic E-state index is 9.42. The number of phenols is 1. The summed E-state index contributed by atoms with van der Waals surface area (Å²) in [6.45, 7) is 0. The van der Waals surface area contributed by atoms with E-state index in [9.17, 15) is 5.11 Å². The molecule has 0 saturated heterocycles. The first-order chi connectivity index (χ1) is 8.83. The van der Waals surface area contributed by atoms with E-state index < -0.39 is 0 Å². The van der Waals surface area contributed by atoms with Crippen LogP contribution in [-0.4, -0.2) is 20.1 Å². The molecule has 0 fully saturated rings. The lowest BCUT2D eigenvalue weighted by atomic mass is 10.2. The maximum Gasteiger partial charge on any atom is 0.164 e. The summed E-state index contributed by atoms with van der Waals surface area (Å²) in [5.74, 6) is 0.871. The molecule has 2 N–H and O–H groups in total. The number of fused-ring (bicyclic) bond motifs is 1. The fourth-order valence-electron chi connectivity index (χ4n) is 1.72. The predicted molar refractivity (Wildman–Crippen MR) is 68.7 cm³/mol. The molecule has 0 bridgehead atoms. The third-order valence-corrected chi connectivity index (χ3v) is 2.52. The highest BCUT2D eigenvalue weighted by Crippen LogP contribution is 2.23. The molecule has 3 rings (SSSR count). The molecule has 0 radical (unpaired) electrons. The number of hydrogen-bond donors (Lipinski definition) is 2. The SMILES string of the molecule is Oc1cccc(Nc2ncnc3ncccc23)c1. The first kappa shape index (κ1) is 10.5. The predicted octanol–water partition coefficient (Wildman–Crippen LogP) is 2.47. The molecule has 3 aromatic rings. The van der Waals surface area contributed by atoms with Gasteiger partial charge in [-0.1, -0.05) is 6.07 Å². The Hall–Kier alpha value is -2.69. The van der Waals surface area contributed by atoms with Gasteiger partial charge in [0.05, 0.1) is 5.39 Å². The molecule has 5 nitrogen and oxygen atoms in total. The number of pyridine rings is 1. The number of nitrogens with zero attached hydrogens (tertiary/aromatic N) is 3. The Morgan fingerprint density at radius 3 is 2.83 bits per heavy atom. The van der Waals surface area contributed by atoms with Gasteiger partial charge in [-0.25, -0.2) is 15.0 Å². The molecule has 5 heteroatoms. The minimum Gasteiger partial charge on any atom is -0.508 e. The largest absolute Gasteiger partial charge is 0.508 e. The van der Waals surface area contributed by atoms with Crippen LogP contribution in [0, 0.1) is 0 Å². The Balaban J connectivity index is 2.05. The van der Waals surface area contributed by atoms with Crippen molar-refractivity contribution in [1.82, 2.24) is 15.0 Å². The summed E-state index contributed by atoms with van der Waals surface area (Å²) in [6, 6.07) is 10.6. The molecule has 0 aliphatic carbocycles. The summed E-state index contributed by atoms with van der Waals surface area (Å²) in [5.41, 5.74) is 1.40. The van der Waals surface area contributed by atoms with Crippen molar-refractivity contribution in [2.24, 2.45) is 0 Å². The third-order valence-electron chi connectivity index (χ3n) is 2.52. The van der Waals surface area contributed by atoms with E-state index in [2.05, 4.69) is 20.3 Å². The first-order valence-corrected chi connectivity index (χ1v) is 5.45. The highest BCUT2D eigenvalue weighted by Gasteiger charge is 2.04. The van der Waals surface area contributed by atoms with E-state index in [-0.39, 0.29) is 5.75 Å². The quantitative estimate of drug-likeness (QED) is 0.717. The van der Waals surface area contributed by atoms with Gasteiger partial charge in [0, 0.05) is 18.0 Å². The zero-order chi connectivity index (χ0) is 12.4. The average Bonchev–Trinajstić information content (AvgIpc) is 2.39. The minimum atomic E-state index is 0.205. The van der Waals surface area contributed by atoms with Crippen molar-refractivity contribution in [2.45, 2.75) is 0 Å². The molecule has 0 atom stereocenters. The third kappa shape index (κ3) is 1.93. The van der Waals surface area contributed by atoms with Crippen molar-refractivity contribution < 1.29 is 5.11 Å². The van der Waals surface area contributed by atoms with Gasteiger partial charge in [-0.3, -0.25) is 0 Å². The Labute approximate surface area is 103 Å². The van der Waals surface area contributed by atoms with Gasteiger partial charge < -0.3 is 10.4 Å². The van der Waals surface area contributed by atoms with Crippen LogP contribution in [0.25, 0.3) is 11.0 Å². The van der Waals surface area contributed by atoms with Crippen LogP contribution in [0.15, 0.2) is 48.9 Å². The number of benzene rings is 1. The van der Waals surface area contributed by atoms with Crippen molar-refractivity contribution in [1.29, 1.82) is 0 Å². The van der Waals surface area contributed by atoms with Crippen LogP contribution >= 0.6 is 0 Å². The number of aromatic nitrogens is 3. The van der Waals surface area contributed by atoms with E-state index in [1.54, 1.807) is 24.4 Å². The molecular formula is C13H10N4O. The maximum absolute atomic E-state index is 9.42. The second-order valence-electron chi connectivity index (χ2n) is 3.77. The van der Waals surface area contributed by atoms with Crippen molar-refractivity contribution in [3.63, 3.8) is 0 Å². The highest BCUT2D eigenvalue weighted by molar-refractivity contribution is 5.87. The number of phenolic OH excluding ortho intramolecular Hbond substituents is 1. The Kier molecular flexibility index (Phi) is 2.49. The van der Waals surface area contributed by atoms with E-state index in [4.69, 9.17) is 0 Å². The minimum absolute atomic E-state index is 0.205. The molecule has 2 aromatic heterocycles. The molecule has 0 unspecified atom stereocenters. The van der Waals surface area contributed by atoms with Crippen LogP contribution in [0.4, 0.5) is 11.5 Å². The van der Waals surface area contributed by atoms with Crippen molar-refractivity contribution in [3.05, 3.63) is 48.9 Å². The molecule has 0 aliphatic rings.